The van der Waals surface area contributed by atoms with E-state index in [1.54, 1.807) is 6.92 Å². The van der Waals surface area contributed by atoms with Gasteiger partial charge in [0, 0.05) is 26.2 Å². The van der Waals surface area contributed by atoms with Crippen LogP contribution in [0.15, 0.2) is 34.9 Å². The van der Waals surface area contributed by atoms with Gasteiger partial charge < -0.3 is 4.52 Å². The molecule has 1 aromatic heterocycles. The smallest absolute Gasteiger partial charge is 0.245 e. The molecule has 0 aliphatic carbocycles. The zero-order chi connectivity index (χ0) is 17.2. The molecular formula is C16H22N4O3S. The number of hydrogen-bond acceptors (Lipinski definition) is 6. The van der Waals surface area contributed by atoms with Gasteiger partial charge in [-0.25, -0.2) is 8.42 Å². The Morgan fingerprint density at radius 3 is 2.58 bits per heavy atom. The fourth-order valence-corrected chi connectivity index (χ4v) is 4.12. The van der Waals surface area contributed by atoms with Crippen molar-refractivity contribution >= 4 is 10.0 Å². The Kier molecular flexibility index (Phi) is 4.98. The van der Waals surface area contributed by atoms with Crippen molar-refractivity contribution in [3.8, 4) is 0 Å². The maximum Gasteiger partial charge on any atom is 0.245 e. The molecule has 1 atom stereocenters. The van der Waals surface area contributed by atoms with Gasteiger partial charge in [0.1, 0.15) is 6.04 Å². The lowest BCUT2D eigenvalue weighted by atomic mass is 10.2. The van der Waals surface area contributed by atoms with E-state index < -0.39 is 16.1 Å². The molecule has 130 valence electrons. The summed E-state index contributed by atoms with van der Waals surface area (Å²) in [4.78, 5) is 6.51. The molecule has 8 heteroatoms. The predicted octanol–water partition coefficient (Wildman–Crippen LogP) is 1.59. The van der Waals surface area contributed by atoms with E-state index in [1.165, 1.54) is 16.1 Å². The van der Waals surface area contributed by atoms with Crippen LogP contribution in [0.25, 0.3) is 0 Å². The van der Waals surface area contributed by atoms with E-state index in [4.69, 9.17) is 4.52 Å². The van der Waals surface area contributed by atoms with Crippen LogP contribution in [0.3, 0.4) is 0 Å². The highest BCUT2D eigenvalue weighted by atomic mass is 32.2. The summed E-state index contributed by atoms with van der Waals surface area (Å²) in [6, 6.07) is 9.78. The SMILES string of the molecule is Cc1noc(C2CCN(Cc3ccccc3)CCN2S(C)(=O)=O)n1. The van der Waals surface area contributed by atoms with Crippen LogP contribution in [0.4, 0.5) is 0 Å². The van der Waals surface area contributed by atoms with Crippen molar-refractivity contribution < 1.29 is 12.9 Å². The predicted molar refractivity (Wildman–Crippen MR) is 89.7 cm³/mol. The van der Waals surface area contributed by atoms with Crippen LogP contribution in [0.1, 0.15) is 29.7 Å². The second-order valence-corrected chi connectivity index (χ2v) is 8.05. The molecule has 1 aromatic carbocycles. The molecule has 0 bridgehead atoms. The highest BCUT2D eigenvalue weighted by Gasteiger charge is 2.34. The molecule has 0 N–H and O–H groups in total. The minimum Gasteiger partial charge on any atom is -0.338 e. The number of rotatable bonds is 4. The van der Waals surface area contributed by atoms with E-state index in [2.05, 4.69) is 27.2 Å². The number of nitrogens with zero attached hydrogens (tertiary/aromatic N) is 4. The summed E-state index contributed by atoms with van der Waals surface area (Å²) < 4.78 is 31.2. The summed E-state index contributed by atoms with van der Waals surface area (Å²) in [6.45, 7) is 4.39. The van der Waals surface area contributed by atoms with Gasteiger partial charge in [0.2, 0.25) is 15.9 Å². The largest absolute Gasteiger partial charge is 0.338 e. The Balaban J connectivity index is 1.79. The zero-order valence-electron chi connectivity index (χ0n) is 13.9. The number of sulfonamides is 1. The number of hydrogen-bond donors (Lipinski definition) is 0. The maximum absolute atomic E-state index is 12.2. The lowest BCUT2D eigenvalue weighted by Gasteiger charge is -2.24. The topological polar surface area (TPSA) is 79.5 Å². The molecule has 24 heavy (non-hydrogen) atoms. The zero-order valence-corrected chi connectivity index (χ0v) is 14.7. The third-order valence-corrected chi connectivity index (χ3v) is 5.50. The number of benzene rings is 1. The first kappa shape index (κ1) is 17.1. The van der Waals surface area contributed by atoms with E-state index in [1.807, 2.05) is 18.2 Å². The van der Waals surface area contributed by atoms with Gasteiger partial charge in [-0.3, -0.25) is 4.90 Å². The first-order chi connectivity index (χ1) is 11.4. The van der Waals surface area contributed by atoms with Crippen molar-refractivity contribution in [2.24, 2.45) is 0 Å². The third kappa shape index (κ3) is 4.00. The average Bonchev–Trinajstić information content (AvgIpc) is 2.84. The highest BCUT2D eigenvalue weighted by molar-refractivity contribution is 7.88. The van der Waals surface area contributed by atoms with Gasteiger partial charge in [0.25, 0.3) is 0 Å². The molecule has 0 spiro atoms. The Morgan fingerprint density at radius 2 is 1.96 bits per heavy atom. The third-order valence-electron chi connectivity index (χ3n) is 4.21. The van der Waals surface area contributed by atoms with Gasteiger partial charge in [-0.1, -0.05) is 35.5 Å². The van der Waals surface area contributed by atoms with Gasteiger partial charge >= 0.3 is 0 Å². The first-order valence-electron chi connectivity index (χ1n) is 7.97. The van der Waals surface area contributed by atoms with E-state index >= 15 is 0 Å². The summed E-state index contributed by atoms with van der Waals surface area (Å²) in [7, 11) is -3.35. The van der Waals surface area contributed by atoms with Gasteiger partial charge in [0.15, 0.2) is 5.82 Å². The van der Waals surface area contributed by atoms with Crippen LogP contribution in [-0.2, 0) is 16.6 Å². The van der Waals surface area contributed by atoms with Crippen LogP contribution < -0.4 is 0 Å². The van der Waals surface area contributed by atoms with Gasteiger partial charge in [-0.05, 0) is 18.9 Å². The van der Waals surface area contributed by atoms with Crippen LogP contribution in [0.5, 0.6) is 0 Å². The molecule has 3 rings (SSSR count). The van der Waals surface area contributed by atoms with Gasteiger partial charge in [-0.2, -0.15) is 9.29 Å². The minimum atomic E-state index is -3.35. The molecule has 7 nitrogen and oxygen atoms in total. The molecule has 1 fully saturated rings. The van der Waals surface area contributed by atoms with Crippen molar-refractivity contribution in [3.63, 3.8) is 0 Å². The summed E-state index contributed by atoms with van der Waals surface area (Å²) >= 11 is 0. The van der Waals surface area contributed by atoms with Crippen LogP contribution in [0, 0.1) is 6.92 Å². The summed E-state index contributed by atoms with van der Waals surface area (Å²) in [5.74, 6) is 0.892. The molecule has 0 amide bonds. The Hall–Kier alpha value is -1.77. The van der Waals surface area contributed by atoms with Crippen molar-refractivity contribution in [1.82, 2.24) is 19.3 Å². The fourth-order valence-electron chi connectivity index (χ4n) is 3.05. The molecule has 0 radical (unpaired) electrons. The second-order valence-electron chi connectivity index (χ2n) is 6.12. The lowest BCUT2D eigenvalue weighted by Crippen LogP contribution is -2.36. The first-order valence-corrected chi connectivity index (χ1v) is 9.81. The maximum atomic E-state index is 12.2. The fraction of sp³-hybridized carbons (Fsp3) is 0.500. The molecule has 1 aliphatic rings. The molecule has 2 heterocycles. The molecule has 0 saturated carbocycles. The summed E-state index contributed by atoms with van der Waals surface area (Å²) in [6.07, 6.45) is 1.86. The van der Waals surface area contributed by atoms with E-state index in [0.717, 1.165) is 13.1 Å². The van der Waals surface area contributed by atoms with E-state index in [-0.39, 0.29) is 0 Å². The number of aryl methyl sites for hydroxylation is 1. The standard InChI is InChI=1S/C16H22N4O3S/c1-13-17-16(23-18-13)15-8-9-19(10-11-20(15)24(2,21)22)12-14-6-4-3-5-7-14/h3-7,15H,8-12H2,1-2H3. The molecule has 1 saturated heterocycles. The average molecular weight is 350 g/mol. The number of aromatic nitrogens is 2. The van der Waals surface area contributed by atoms with Crippen molar-refractivity contribution in [2.45, 2.75) is 25.9 Å². The Bertz CT molecular complexity index is 776. The Morgan fingerprint density at radius 1 is 1.21 bits per heavy atom. The van der Waals surface area contributed by atoms with Crippen LogP contribution in [0.2, 0.25) is 0 Å². The lowest BCUT2D eigenvalue weighted by molar-refractivity contribution is 0.257. The van der Waals surface area contributed by atoms with E-state index in [9.17, 15) is 8.42 Å². The quantitative estimate of drug-likeness (QED) is 0.833. The minimum absolute atomic E-state index is 0.375. The normalized spacial score (nSPS) is 20.8. The van der Waals surface area contributed by atoms with E-state index in [0.29, 0.717) is 31.2 Å². The van der Waals surface area contributed by atoms with Gasteiger partial charge in [-0.15, -0.1) is 0 Å². The van der Waals surface area contributed by atoms with Crippen molar-refractivity contribution in [2.75, 3.05) is 25.9 Å². The van der Waals surface area contributed by atoms with Crippen LogP contribution in [-0.4, -0.2) is 53.7 Å². The van der Waals surface area contributed by atoms with Crippen molar-refractivity contribution in [1.29, 1.82) is 0 Å². The Labute approximate surface area is 142 Å². The molecular weight excluding hydrogens is 328 g/mol. The highest BCUT2D eigenvalue weighted by Crippen LogP contribution is 2.28. The van der Waals surface area contributed by atoms with Crippen molar-refractivity contribution in [3.05, 3.63) is 47.6 Å². The monoisotopic (exact) mass is 350 g/mol. The molecule has 2 aromatic rings. The molecule has 1 unspecified atom stereocenters. The molecule has 1 aliphatic heterocycles. The van der Waals surface area contributed by atoms with Crippen LogP contribution >= 0.6 is 0 Å². The van der Waals surface area contributed by atoms with Gasteiger partial charge in [0.05, 0.1) is 6.26 Å². The second kappa shape index (κ2) is 7.00. The summed E-state index contributed by atoms with van der Waals surface area (Å²) in [5, 5.41) is 3.80. The summed E-state index contributed by atoms with van der Waals surface area (Å²) in [5.41, 5.74) is 1.22.